The van der Waals surface area contributed by atoms with E-state index in [1.54, 1.807) is 0 Å². The van der Waals surface area contributed by atoms with Crippen LogP contribution in [0.25, 0.3) is 0 Å². The first-order valence-corrected chi connectivity index (χ1v) is 8.12. The van der Waals surface area contributed by atoms with Gasteiger partial charge in [-0.3, -0.25) is 0 Å². The quantitative estimate of drug-likeness (QED) is 0.485. The molecule has 0 aliphatic carbocycles. The molecule has 1 rings (SSSR count). The first-order chi connectivity index (χ1) is 7.93. The topological polar surface area (TPSA) is 18.5 Å². The summed E-state index contributed by atoms with van der Waals surface area (Å²) in [5, 5.41) is 0. The molecule has 3 heteroatoms. The molecule has 16 heavy (non-hydrogen) atoms. The normalized spacial score (nSPS) is 11.3. The van der Waals surface area contributed by atoms with E-state index in [2.05, 4.69) is 36.9 Å². The Bertz CT molecular complexity index is 251. The maximum absolute atomic E-state index is 5.54. The summed E-state index contributed by atoms with van der Waals surface area (Å²) < 4.78 is 10.9. The van der Waals surface area contributed by atoms with E-state index in [9.17, 15) is 0 Å². The van der Waals surface area contributed by atoms with Gasteiger partial charge in [-0.05, 0) is 24.8 Å². The third-order valence-corrected chi connectivity index (χ3v) is 3.08. The average Bonchev–Trinajstić information content (AvgIpc) is 2.34. The molecule has 0 aromatic heterocycles. The van der Waals surface area contributed by atoms with Crippen molar-refractivity contribution in [2.24, 2.45) is 0 Å². The number of hydrogen-bond donors (Lipinski definition) is 0. The maximum Gasteiger partial charge on any atom is 0.158 e. The molecule has 0 aliphatic rings. The van der Waals surface area contributed by atoms with Crippen molar-refractivity contribution in [2.75, 3.05) is 19.8 Å². The number of ether oxygens (including phenoxy) is 1. The first-order valence-electron chi connectivity index (χ1n) is 6.13. The van der Waals surface area contributed by atoms with Crippen LogP contribution in [-0.2, 0) is 15.6 Å². The Kier molecular flexibility index (Phi) is 8.03. The molecule has 0 aliphatic heterocycles. The highest BCUT2D eigenvalue weighted by Gasteiger charge is 1.93. The second-order valence-electron chi connectivity index (χ2n) is 3.75. The Balaban J connectivity index is 1.89. The average molecular weight is 238 g/mol. The zero-order valence-electron chi connectivity index (χ0n) is 10.2. The summed E-state index contributed by atoms with van der Waals surface area (Å²) in [6.45, 7) is 4.73. The van der Waals surface area contributed by atoms with E-state index in [1.807, 2.05) is 0 Å². The molecule has 0 unspecified atom stereocenters. The van der Waals surface area contributed by atoms with Crippen LogP contribution in [0, 0.1) is 0 Å². The SMILES string of the molecule is C[SiH2]OCCCOCCCc1ccccc1. The highest BCUT2D eigenvalue weighted by atomic mass is 28.2. The standard InChI is InChI=1S/C13H22O2Si/c1-16-15-12-6-11-14-10-5-9-13-7-3-2-4-8-13/h2-4,7-8H,5-6,9-12,16H2,1H3. The van der Waals surface area contributed by atoms with Gasteiger partial charge in [0.1, 0.15) is 0 Å². The highest BCUT2D eigenvalue weighted by Crippen LogP contribution is 2.02. The Morgan fingerprint density at radius 2 is 1.75 bits per heavy atom. The van der Waals surface area contributed by atoms with E-state index < -0.39 is 0 Å². The predicted molar refractivity (Wildman–Crippen MR) is 70.6 cm³/mol. The minimum Gasteiger partial charge on any atom is -0.424 e. The van der Waals surface area contributed by atoms with E-state index in [4.69, 9.17) is 9.16 Å². The Labute approximate surface area is 101 Å². The van der Waals surface area contributed by atoms with Crippen LogP contribution in [0.1, 0.15) is 18.4 Å². The van der Waals surface area contributed by atoms with Crippen molar-refractivity contribution in [2.45, 2.75) is 25.8 Å². The summed E-state index contributed by atoms with van der Waals surface area (Å²) in [4.78, 5) is 0. The lowest BCUT2D eigenvalue weighted by atomic mass is 10.1. The molecule has 1 aromatic rings. The van der Waals surface area contributed by atoms with Crippen molar-refractivity contribution in [1.82, 2.24) is 0 Å². The third-order valence-electron chi connectivity index (χ3n) is 2.38. The lowest BCUT2D eigenvalue weighted by molar-refractivity contribution is 0.118. The molecule has 0 N–H and O–H groups in total. The fourth-order valence-electron chi connectivity index (χ4n) is 1.53. The number of benzene rings is 1. The summed E-state index contributed by atoms with van der Waals surface area (Å²) in [5.41, 5.74) is 1.39. The van der Waals surface area contributed by atoms with Gasteiger partial charge >= 0.3 is 0 Å². The number of hydrogen-bond acceptors (Lipinski definition) is 2. The third kappa shape index (κ3) is 6.77. The summed E-state index contributed by atoms with van der Waals surface area (Å²) in [6, 6.07) is 10.6. The van der Waals surface area contributed by atoms with Gasteiger partial charge in [0, 0.05) is 19.8 Å². The van der Waals surface area contributed by atoms with Crippen molar-refractivity contribution >= 4 is 9.76 Å². The fraction of sp³-hybridized carbons (Fsp3) is 0.538. The molecule has 0 radical (unpaired) electrons. The van der Waals surface area contributed by atoms with Gasteiger partial charge in [0.15, 0.2) is 9.76 Å². The number of rotatable bonds is 9. The van der Waals surface area contributed by atoms with Crippen LogP contribution in [-0.4, -0.2) is 29.6 Å². The second kappa shape index (κ2) is 9.57. The molecular weight excluding hydrogens is 216 g/mol. The van der Waals surface area contributed by atoms with Gasteiger partial charge in [0.25, 0.3) is 0 Å². The smallest absolute Gasteiger partial charge is 0.158 e. The van der Waals surface area contributed by atoms with Crippen molar-refractivity contribution in [3.8, 4) is 0 Å². The maximum atomic E-state index is 5.54. The summed E-state index contributed by atoms with van der Waals surface area (Å²) in [6.07, 6.45) is 3.25. The Morgan fingerprint density at radius 1 is 1.00 bits per heavy atom. The van der Waals surface area contributed by atoms with Crippen LogP contribution in [0.2, 0.25) is 6.55 Å². The first kappa shape index (κ1) is 13.4. The molecule has 0 atom stereocenters. The Hall–Kier alpha value is -0.643. The molecular formula is C13H22O2Si. The minimum absolute atomic E-state index is 0.220. The van der Waals surface area contributed by atoms with E-state index in [-0.39, 0.29) is 9.76 Å². The van der Waals surface area contributed by atoms with Gasteiger partial charge in [-0.1, -0.05) is 36.9 Å². The lowest BCUT2D eigenvalue weighted by Gasteiger charge is -2.04. The largest absolute Gasteiger partial charge is 0.424 e. The number of aryl methyl sites for hydroxylation is 1. The van der Waals surface area contributed by atoms with Crippen LogP contribution in [0.15, 0.2) is 30.3 Å². The van der Waals surface area contributed by atoms with Gasteiger partial charge < -0.3 is 9.16 Å². The zero-order valence-corrected chi connectivity index (χ0v) is 11.6. The van der Waals surface area contributed by atoms with Gasteiger partial charge in [-0.15, -0.1) is 0 Å². The molecule has 0 fully saturated rings. The summed E-state index contributed by atoms with van der Waals surface area (Å²) in [7, 11) is -0.220. The molecule has 0 spiro atoms. The van der Waals surface area contributed by atoms with Crippen molar-refractivity contribution in [3.05, 3.63) is 35.9 Å². The van der Waals surface area contributed by atoms with Crippen LogP contribution in [0.5, 0.6) is 0 Å². The molecule has 90 valence electrons. The zero-order chi connectivity index (χ0) is 11.5. The molecule has 0 bridgehead atoms. The van der Waals surface area contributed by atoms with E-state index in [0.29, 0.717) is 0 Å². The fourth-order valence-corrected chi connectivity index (χ4v) is 2.03. The van der Waals surface area contributed by atoms with Crippen LogP contribution in [0.3, 0.4) is 0 Å². The molecule has 1 aromatic carbocycles. The highest BCUT2D eigenvalue weighted by molar-refractivity contribution is 6.24. The molecule has 0 amide bonds. The van der Waals surface area contributed by atoms with E-state index in [1.165, 1.54) is 5.56 Å². The summed E-state index contributed by atoms with van der Waals surface area (Å²) >= 11 is 0. The van der Waals surface area contributed by atoms with Gasteiger partial charge in [-0.2, -0.15) is 0 Å². The van der Waals surface area contributed by atoms with E-state index >= 15 is 0 Å². The van der Waals surface area contributed by atoms with Gasteiger partial charge in [-0.25, -0.2) is 0 Å². The minimum atomic E-state index is -0.220. The molecule has 2 nitrogen and oxygen atoms in total. The molecule has 0 saturated heterocycles. The van der Waals surface area contributed by atoms with Gasteiger partial charge in [0.05, 0.1) is 0 Å². The van der Waals surface area contributed by atoms with Crippen LogP contribution in [0.4, 0.5) is 0 Å². The lowest BCUT2D eigenvalue weighted by Crippen LogP contribution is -2.03. The van der Waals surface area contributed by atoms with E-state index in [0.717, 1.165) is 39.1 Å². The predicted octanol–water partition coefficient (Wildman–Crippen LogP) is 2.17. The summed E-state index contributed by atoms with van der Waals surface area (Å²) in [5.74, 6) is 0. The van der Waals surface area contributed by atoms with Crippen LogP contribution >= 0.6 is 0 Å². The van der Waals surface area contributed by atoms with Crippen molar-refractivity contribution in [3.63, 3.8) is 0 Å². The molecule has 0 saturated carbocycles. The Morgan fingerprint density at radius 3 is 2.50 bits per heavy atom. The van der Waals surface area contributed by atoms with Crippen molar-refractivity contribution in [1.29, 1.82) is 0 Å². The monoisotopic (exact) mass is 238 g/mol. The second-order valence-corrected chi connectivity index (χ2v) is 4.74. The van der Waals surface area contributed by atoms with Crippen LogP contribution < -0.4 is 0 Å². The van der Waals surface area contributed by atoms with Gasteiger partial charge in [0.2, 0.25) is 0 Å². The van der Waals surface area contributed by atoms with Crippen molar-refractivity contribution < 1.29 is 9.16 Å². The molecule has 0 heterocycles.